The smallest absolute Gasteiger partial charge is 0.319 e. The lowest BCUT2D eigenvalue weighted by Gasteiger charge is -2.26. The second-order valence-electron chi connectivity index (χ2n) is 6.17. The highest BCUT2D eigenvalue weighted by atomic mass is 35.5. The van der Waals surface area contributed by atoms with E-state index in [1.54, 1.807) is 19.0 Å². The zero-order valence-corrected chi connectivity index (χ0v) is 15.5. The number of hydrogen-bond acceptors (Lipinski definition) is 1. The molecular formula is C19H26ClN3O. The fourth-order valence-electron chi connectivity index (χ4n) is 2.63. The zero-order chi connectivity index (χ0) is 17.5. The molecule has 0 fully saturated rings. The van der Waals surface area contributed by atoms with Crippen molar-refractivity contribution < 1.29 is 4.79 Å². The maximum Gasteiger partial charge on any atom is 0.319 e. The van der Waals surface area contributed by atoms with Gasteiger partial charge in [-0.25, -0.2) is 4.79 Å². The topological polar surface area (TPSA) is 28.5 Å². The highest BCUT2D eigenvalue weighted by Crippen LogP contribution is 2.18. The molecule has 0 saturated carbocycles. The molecule has 1 aromatic carbocycles. The molecule has 5 heteroatoms. The maximum absolute atomic E-state index is 12.4. The molecule has 1 aromatic heterocycles. The number of unbranched alkanes of at least 4 members (excludes halogenated alkanes) is 1. The van der Waals surface area contributed by atoms with Crippen LogP contribution in [0.3, 0.4) is 0 Å². The molecule has 0 N–H and O–H groups in total. The molecular weight excluding hydrogens is 322 g/mol. The minimum atomic E-state index is 0.0499. The van der Waals surface area contributed by atoms with Crippen molar-refractivity contribution in [2.24, 2.45) is 0 Å². The SMILES string of the molecule is CCCCN(Cc1cccn1Cc1ccccc1Cl)C(=O)N(C)C. The van der Waals surface area contributed by atoms with Crippen LogP contribution in [-0.4, -0.2) is 41.0 Å². The van der Waals surface area contributed by atoms with Gasteiger partial charge < -0.3 is 14.4 Å². The Morgan fingerprint density at radius 1 is 1.17 bits per heavy atom. The molecule has 0 spiro atoms. The van der Waals surface area contributed by atoms with E-state index in [0.717, 1.165) is 35.7 Å². The van der Waals surface area contributed by atoms with Crippen LogP contribution in [0.25, 0.3) is 0 Å². The van der Waals surface area contributed by atoms with Crippen LogP contribution in [0, 0.1) is 0 Å². The van der Waals surface area contributed by atoms with Gasteiger partial charge in [0.25, 0.3) is 0 Å². The van der Waals surface area contributed by atoms with Gasteiger partial charge in [-0.2, -0.15) is 0 Å². The van der Waals surface area contributed by atoms with Crippen molar-refractivity contribution in [1.82, 2.24) is 14.4 Å². The molecule has 0 unspecified atom stereocenters. The molecule has 24 heavy (non-hydrogen) atoms. The highest BCUT2D eigenvalue weighted by Gasteiger charge is 2.17. The van der Waals surface area contributed by atoms with Crippen LogP contribution in [-0.2, 0) is 13.1 Å². The minimum absolute atomic E-state index is 0.0499. The molecule has 0 aliphatic rings. The number of amides is 2. The van der Waals surface area contributed by atoms with Crippen LogP contribution in [0.1, 0.15) is 31.0 Å². The van der Waals surface area contributed by atoms with Gasteiger partial charge in [-0.1, -0.05) is 43.1 Å². The number of carbonyl (C=O) groups excluding carboxylic acids is 1. The number of benzene rings is 1. The summed E-state index contributed by atoms with van der Waals surface area (Å²) in [6, 6.07) is 12.0. The van der Waals surface area contributed by atoms with Gasteiger partial charge in [-0.05, 0) is 30.2 Å². The molecule has 130 valence electrons. The Bertz CT molecular complexity index is 666. The Balaban J connectivity index is 2.15. The molecule has 0 atom stereocenters. The summed E-state index contributed by atoms with van der Waals surface area (Å²) in [6.07, 6.45) is 4.11. The van der Waals surface area contributed by atoms with Gasteiger partial charge >= 0.3 is 6.03 Å². The van der Waals surface area contributed by atoms with Gasteiger partial charge in [-0.15, -0.1) is 0 Å². The van der Waals surface area contributed by atoms with E-state index in [1.165, 1.54) is 0 Å². The summed E-state index contributed by atoms with van der Waals surface area (Å²) in [7, 11) is 3.59. The molecule has 0 radical (unpaired) electrons. The normalized spacial score (nSPS) is 10.7. The fourth-order valence-corrected chi connectivity index (χ4v) is 2.82. The average Bonchev–Trinajstić information content (AvgIpc) is 2.99. The number of hydrogen-bond donors (Lipinski definition) is 0. The van der Waals surface area contributed by atoms with Crippen molar-refractivity contribution in [3.8, 4) is 0 Å². The number of carbonyl (C=O) groups is 1. The number of halogens is 1. The summed E-state index contributed by atoms with van der Waals surface area (Å²) in [5, 5.41) is 0.768. The quantitative estimate of drug-likeness (QED) is 0.726. The summed E-state index contributed by atoms with van der Waals surface area (Å²) in [5.41, 5.74) is 2.19. The van der Waals surface area contributed by atoms with Gasteiger partial charge in [-0.3, -0.25) is 0 Å². The summed E-state index contributed by atoms with van der Waals surface area (Å²) in [4.78, 5) is 16.0. The highest BCUT2D eigenvalue weighted by molar-refractivity contribution is 6.31. The number of aromatic nitrogens is 1. The molecule has 0 aliphatic carbocycles. The molecule has 4 nitrogen and oxygen atoms in total. The molecule has 1 heterocycles. The van der Waals surface area contributed by atoms with Gasteiger partial charge in [0.2, 0.25) is 0 Å². The van der Waals surface area contributed by atoms with Crippen molar-refractivity contribution in [3.05, 3.63) is 58.9 Å². The van der Waals surface area contributed by atoms with Gasteiger partial charge in [0, 0.05) is 44.1 Å². The Morgan fingerprint density at radius 3 is 2.58 bits per heavy atom. The molecule has 0 aliphatic heterocycles. The Labute approximate surface area is 149 Å². The van der Waals surface area contributed by atoms with Crippen LogP contribution in [0.15, 0.2) is 42.6 Å². The van der Waals surface area contributed by atoms with E-state index in [0.29, 0.717) is 13.1 Å². The first-order chi connectivity index (χ1) is 11.5. The van der Waals surface area contributed by atoms with E-state index < -0.39 is 0 Å². The lowest BCUT2D eigenvalue weighted by molar-refractivity contribution is 0.166. The van der Waals surface area contributed by atoms with Crippen molar-refractivity contribution in [2.75, 3.05) is 20.6 Å². The third-order valence-electron chi connectivity index (χ3n) is 4.01. The van der Waals surface area contributed by atoms with Crippen molar-refractivity contribution >= 4 is 17.6 Å². The van der Waals surface area contributed by atoms with E-state index in [1.807, 2.05) is 41.4 Å². The van der Waals surface area contributed by atoms with Crippen molar-refractivity contribution in [1.29, 1.82) is 0 Å². The third kappa shape index (κ3) is 4.78. The fraction of sp³-hybridized carbons (Fsp3) is 0.421. The number of nitrogens with zero attached hydrogens (tertiary/aromatic N) is 3. The van der Waals surface area contributed by atoms with E-state index in [4.69, 9.17) is 11.6 Å². The monoisotopic (exact) mass is 347 g/mol. The Hall–Kier alpha value is -1.94. The zero-order valence-electron chi connectivity index (χ0n) is 14.7. The molecule has 2 rings (SSSR count). The Morgan fingerprint density at radius 2 is 1.92 bits per heavy atom. The predicted octanol–water partition coefficient (Wildman–Crippen LogP) is 4.47. The van der Waals surface area contributed by atoms with Crippen molar-refractivity contribution in [2.45, 2.75) is 32.9 Å². The number of rotatable bonds is 7. The van der Waals surface area contributed by atoms with Crippen LogP contribution in [0.5, 0.6) is 0 Å². The second kappa shape index (κ2) is 8.78. The van der Waals surface area contributed by atoms with Gasteiger partial charge in [0.1, 0.15) is 0 Å². The van der Waals surface area contributed by atoms with Gasteiger partial charge in [0.15, 0.2) is 0 Å². The van der Waals surface area contributed by atoms with Crippen molar-refractivity contribution in [3.63, 3.8) is 0 Å². The molecule has 0 saturated heterocycles. The second-order valence-corrected chi connectivity index (χ2v) is 6.58. The third-order valence-corrected chi connectivity index (χ3v) is 4.38. The summed E-state index contributed by atoms with van der Waals surface area (Å²) >= 11 is 6.28. The van der Waals surface area contributed by atoms with E-state index in [9.17, 15) is 4.79 Å². The first kappa shape index (κ1) is 18.4. The van der Waals surface area contributed by atoms with Crippen LogP contribution < -0.4 is 0 Å². The van der Waals surface area contributed by atoms with E-state index in [2.05, 4.69) is 17.6 Å². The van der Waals surface area contributed by atoms with Crippen LogP contribution in [0.4, 0.5) is 4.79 Å². The van der Waals surface area contributed by atoms with E-state index >= 15 is 0 Å². The lowest BCUT2D eigenvalue weighted by Crippen LogP contribution is -2.39. The predicted molar refractivity (Wildman–Crippen MR) is 99.4 cm³/mol. The van der Waals surface area contributed by atoms with Crippen LogP contribution in [0.2, 0.25) is 5.02 Å². The Kier molecular flexibility index (Phi) is 6.73. The van der Waals surface area contributed by atoms with Gasteiger partial charge in [0.05, 0.1) is 6.54 Å². The molecule has 2 aromatic rings. The maximum atomic E-state index is 12.4. The lowest BCUT2D eigenvalue weighted by atomic mass is 10.2. The summed E-state index contributed by atoms with van der Waals surface area (Å²) in [5.74, 6) is 0. The average molecular weight is 348 g/mol. The largest absolute Gasteiger partial charge is 0.345 e. The molecule has 0 bridgehead atoms. The summed E-state index contributed by atoms with van der Waals surface area (Å²) in [6.45, 7) is 4.22. The molecule has 2 amide bonds. The summed E-state index contributed by atoms with van der Waals surface area (Å²) < 4.78 is 2.16. The van der Waals surface area contributed by atoms with E-state index in [-0.39, 0.29) is 6.03 Å². The first-order valence-corrected chi connectivity index (χ1v) is 8.74. The number of urea groups is 1. The van der Waals surface area contributed by atoms with Crippen LogP contribution >= 0.6 is 11.6 Å². The standard InChI is InChI=1S/C19H26ClN3O/c1-4-5-12-23(19(24)21(2)3)15-17-10-8-13-22(17)14-16-9-6-7-11-18(16)20/h6-11,13H,4-5,12,14-15H2,1-3H3. The first-order valence-electron chi connectivity index (χ1n) is 8.36. The minimum Gasteiger partial charge on any atom is -0.345 e.